The summed E-state index contributed by atoms with van der Waals surface area (Å²) >= 11 is 0. The number of benzene rings is 2. The van der Waals surface area contributed by atoms with Gasteiger partial charge in [-0.15, -0.1) is 6.58 Å². The van der Waals surface area contributed by atoms with E-state index in [2.05, 4.69) is 81.8 Å². The fourth-order valence-corrected chi connectivity index (χ4v) is 6.57. The number of likely N-dealkylation sites (tertiary alicyclic amines) is 1. The van der Waals surface area contributed by atoms with Crippen LogP contribution < -0.4 is 14.5 Å². The van der Waals surface area contributed by atoms with Gasteiger partial charge in [0.25, 0.3) is 0 Å². The molecule has 0 spiro atoms. The molecule has 3 aromatic rings. The fourth-order valence-electron chi connectivity index (χ4n) is 6.57. The van der Waals surface area contributed by atoms with E-state index in [1.165, 1.54) is 28.4 Å². The number of nitrogens with zero attached hydrogens (tertiary/aromatic N) is 7. The number of nitriles is 1. The number of piperazine rings is 1. The van der Waals surface area contributed by atoms with Crippen molar-refractivity contribution in [2.75, 3.05) is 62.7 Å². The molecule has 0 amide bonds. The van der Waals surface area contributed by atoms with Crippen LogP contribution >= 0.6 is 0 Å². The van der Waals surface area contributed by atoms with Crippen molar-refractivity contribution >= 4 is 22.3 Å². The molecule has 2 atom stereocenters. The molecule has 3 aliphatic rings. The lowest BCUT2D eigenvalue weighted by Crippen LogP contribution is -2.54. The average Bonchev–Trinajstić information content (AvgIpc) is 3.40. The highest BCUT2D eigenvalue weighted by Gasteiger charge is 2.33. The zero-order chi connectivity index (χ0) is 27.5. The van der Waals surface area contributed by atoms with Gasteiger partial charge in [-0.25, -0.2) is 0 Å². The predicted molar refractivity (Wildman–Crippen MR) is 160 cm³/mol. The maximum absolute atomic E-state index is 9.69. The van der Waals surface area contributed by atoms with Crippen LogP contribution in [0.2, 0.25) is 0 Å². The largest absolute Gasteiger partial charge is 0.462 e. The van der Waals surface area contributed by atoms with Gasteiger partial charge < -0.3 is 19.4 Å². The SMILES string of the molecule is C=CCN1CCN(c2nc(OC[C@@H]3CCCN3C)nc3c2CCN(c2cccc4ccccc24)C3)C(CC#N)C1. The van der Waals surface area contributed by atoms with E-state index in [9.17, 15) is 5.26 Å². The lowest BCUT2D eigenvalue weighted by molar-refractivity contribution is 0.187. The second-order valence-corrected chi connectivity index (χ2v) is 11.3. The molecule has 4 heterocycles. The summed E-state index contributed by atoms with van der Waals surface area (Å²) in [6.45, 7) is 10.6. The Bertz CT molecular complexity index is 1400. The number of likely N-dealkylation sites (N-methyl/N-ethyl adjacent to an activating group) is 1. The first-order valence-corrected chi connectivity index (χ1v) is 14.6. The number of hydrogen-bond donors (Lipinski definition) is 0. The zero-order valence-electron chi connectivity index (χ0n) is 23.5. The third-order valence-electron chi connectivity index (χ3n) is 8.76. The summed E-state index contributed by atoms with van der Waals surface area (Å²) in [5, 5.41) is 12.2. The minimum Gasteiger partial charge on any atom is -0.462 e. The summed E-state index contributed by atoms with van der Waals surface area (Å²) in [7, 11) is 2.16. The summed E-state index contributed by atoms with van der Waals surface area (Å²) in [5.74, 6) is 0.954. The monoisotopic (exact) mass is 537 g/mol. The van der Waals surface area contributed by atoms with E-state index in [4.69, 9.17) is 14.7 Å². The van der Waals surface area contributed by atoms with Gasteiger partial charge in [0.05, 0.1) is 30.8 Å². The number of fused-ring (bicyclic) bond motifs is 2. The number of rotatable bonds is 8. The van der Waals surface area contributed by atoms with E-state index >= 15 is 0 Å². The second-order valence-electron chi connectivity index (χ2n) is 11.3. The van der Waals surface area contributed by atoms with E-state index in [-0.39, 0.29) is 6.04 Å². The van der Waals surface area contributed by atoms with Gasteiger partial charge in [0, 0.05) is 55.4 Å². The normalized spacial score (nSPS) is 21.8. The summed E-state index contributed by atoms with van der Waals surface area (Å²) in [6, 6.07) is 18.4. The first-order chi connectivity index (χ1) is 19.6. The van der Waals surface area contributed by atoms with Gasteiger partial charge in [0.15, 0.2) is 0 Å². The third kappa shape index (κ3) is 5.36. The van der Waals surface area contributed by atoms with Crippen LogP contribution in [0.15, 0.2) is 55.1 Å². The smallest absolute Gasteiger partial charge is 0.318 e. The van der Waals surface area contributed by atoms with E-state index in [1.54, 1.807) is 0 Å². The van der Waals surface area contributed by atoms with Crippen molar-refractivity contribution < 1.29 is 4.74 Å². The van der Waals surface area contributed by atoms with Crippen molar-refractivity contribution in [2.24, 2.45) is 0 Å². The Labute approximate surface area is 237 Å². The maximum atomic E-state index is 9.69. The van der Waals surface area contributed by atoms with Crippen molar-refractivity contribution in [3.63, 3.8) is 0 Å². The molecule has 1 unspecified atom stereocenters. The highest BCUT2D eigenvalue weighted by molar-refractivity contribution is 5.94. The Balaban J connectivity index is 1.34. The Morgan fingerprint density at radius 3 is 2.77 bits per heavy atom. The van der Waals surface area contributed by atoms with Crippen molar-refractivity contribution in [2.45, 2.75) is 44.3 Å². The highest BCUT2D eigenvalue weighted by Crippen LogP contribution is 2.35. The van der Waals surface area contributed by atoms with Crippen LogP contribution in [-0.4, -0.2) is 84.8 Å². The molecule has 6 rings (SSSR count). The number of ether oxygens (including phenoxy) is 1. The second kappa shape index (κ2) is 11.8. The van der Waals surface area contributed by atoms with Crippen LogP contribution in [0.5, 0.6) is 6.01 Å². The van der Waals surface area contributed by atoms with Crippen molar-refractivity contribution in [3.05, 3.63) is 66.4 Å². The molecule has 208 valence electrons. The molecule has 0 bridgehead atoms. The minimum absolute atomic E-state index is 0.0719. The van der Waals surface area contributed by atoms with E-state index < -0.39 is 0 Å². The van der Waals surface area contributed by atoms with Gasteiger partial charge in [-0.2, -0.15) is 15.2 Å². The topological polar surface area (TPSA) is 71.8 Å². The molecule has 0 saturated carbocycles. The van der Waals surface area contributed by atoms with Crippen LogP contribution in [0, 0.1) is 11.3 Å². The van der Waals surface area contributed by atoms with Crippen LogP contribution in [0.1, 0.15) is 30.5 Å². The molecular weight excluding hydrogens is 498 g/mol. The third-order valence-corrected chi connectivity index (χ3v) is 8.76. The summed E-state index contributed by atoms with van der Waals surface area (Å²) in [5.41, 5.74) is 3.46. The van der Waals surface area contributed by atoms with Crippen molar-refractivity contribution in [3.8, 4) is 12.1 Å². The molecule has 3 aliphatic heterocycles. The van der Waals surface area contributed by atoms with Gasteiger partial charge in [-0.05, 0) is 44.3 Å². The summed E-state index contributed by atoms with van der Waals surface area (Å²) in [4.78, 5) is 19.6. The van der Waals surface area contributed by atoms with Crippen molar-refractivity contribution in [1.29, 1.82) is 5.26 Å². The van der Waals surface area contributed by atoms with Crippen LogP contribution in [0.4, 0.5) is 11.5 Å². The molecule has 2 fully saturated rings. The van der Waals surface area contributed by atoms with Crippen LogP contribution in [0.25, 0.3) is 10.8 Å². The average molecular weight is 538 g/mol. The highest BCUT2D eigenvalue weighted by atomic mass is 16.5. The molecule has 0 aliphatic carbocycles. The van der Waals surface area contributed by atoms with Gasteiger partial charge >= 0.3 is 6.01 Å². The zero-order valence-corrected chi connectivity index (χ0v) is 23.5. The van der Waals surface area contributed by atoms with Crippen LogP contribution in [-0.2, 0) is 13.0 Å². The van der Waals surface area contributed by atoms with Gasteiger partial charge in [-0.3, -0.25) is 4.90 Å². The first kappa shape index (κ1) is 26.5. The Hall–Kier alpha value is -3.67. The Morgan fingerprint density at radius 1 is 1.07 bits per heavy atom. The standard InChI is InChI=1S/C32H39N7O/c1-3-16-37-19-20-39(25(21-37)13-15-33)31-28-14-18-38(30-12-6-9-24-8-4-5-11-27(24)30)22-29(28)34-32(35-31)40-23-26-10-7-17-36(26)2/h3-6,8-9,11-12,25-26H,1,7,10,13-14,16-23H2,2H3/t25?,26-/m0/s1. The number of anilines is 2. The lowest BCUT2D eigenvalue weighted by Gasteiger charge is -2.42. The maximum Gasteiger partial charge on any atom is 0.318 e. The molecule has 8 heteroatoms. The summed E-state index contributed by atoms with van der Waals surface area (Å²) < 4.78 is 6.33. The van der Waals surface area contributed by atoms with Gasteiger partial charge in [0.1, 0.15) is 12.4 Å². The molecular formula is C32H39N7O. The molecule has 0 N–H and O–H groups in total. The first-order valence-electron chi connectivity index (χ1n) is 14.6. The minimum atomic E-state index is 0.0719. The molecule has 2 aromatic carbocycles. The molecule has 0 radical (unpaired) electrons. The lowest BCUT2D eigenvalue weighted by atomic mass is 10.0. The molecule has 8 nitrogen and oxygen atoms in total. The molecule has 40 heavy (non-hydrogen) atoms. The molecule has 1 aromatic heterocycles. The van der Waals surface area contributed by atoms with Gasteiger partial charge in [0.2, 0.25) is 0 Å². The van der Waals surface area contributed by atoms with E-state index in [1.807, 2.05) is 6.08 Å². The quantitative estimate of drug-likeness (QED) is 0.395. The predicted octanol–water partition coefficient (Wildman–Crippen LogP) is 4.26. The summed E-state index contributed by atoms with van der Waals surface area (Å²) in [6.07, 6.45) is 5.59. The number of aromatic nitrogens is 2. The number of hydrogen-bond acceptors (Lipinski definition) is 8. The Kier molecular flexibility index (Phi) is 7.85. The Morgan fingerprint density at radius 2 is 1.95 bits per heavy atom. The fraction of sp³-hybridized carbons (Fsp3) is 0.469. The van der Waals surface area contributed by atoms with Crippen LogP contribution in [0.3, 0.4) is 0 Å². The molecule has 2 saturated heterocycles. The van der Waals surface area contributed by atoms with Gasteiger partial charge in [-0.1, -0.05) is 42.5 Å². The van der Waals surface area contributed by atoms with Crippen molar-refractivity contribution in [1.82, 2.24) is 19.8 Å². The van der Waals surface area contributed by atoms with E-state index in [0.717, 1.165) is 63.6 Å². The van der Waals surface area contributed by atoms with E-state index in [0.29, 0.717) is 31.6 Å².